The molecule has 3 rings (SSSR count). The van der Waals surface area contributed by atoms with Crippen LogP contribution in [0.15, 0.2) is 36.4 Å². The maximum Gasteiger partial charge on any atom is 0.223 e. The second-order valence-electron chi connectivity index (χ2n) is 8.32. The lowest BCUT2D eigenvalue weighted by Crippen LogP contribution is -2.43. The number of carbonyl (C=O) groups excluding carboxylic acids is 1. The van der Waals surface area contributed by atoms with E-state index in [1.165, 1.54) is 7.11 Å². The largest absolute Gasteiger partial charge is 0.507 e. The van der Waals surface area contributed by atoms with Crippen molar-refractivity contribution in [2.45, 2.75) is 32.6 Å². The fraction of sp³-hybridized carbons (Fsp3) is 0.458. The van der Waals surface area contributed by atoms with Gasteiger partial charge in [-0.1, -0.05) is 37.6 Å². The Morgan fingerprint density at radius 1 is 1.13 bits per heavy atom. The van der Waals surface area contributed by atoms with Crippen LogP contribution in [0.2, 0.25) is 5.02 Å². The number of nitrogens with zero attached hydrogens (tertiary/aromatic N) is 1. The summed E-state index contributed by atoms with van der Waals surface area (Å²) in [5.74, 6) is 1.69. The van der Waals surface area contributed by atoms with Gasteiger partial charge in [0, 0.05) is 48.1 Å². The maximum atomic E-state index is 13.3. The number of aromatic hydroxyl groups is 1. The van der Waals surface area contributed by atoms with E-state index in [0.29, 0.717) is 33.9 Å². The summed E-state index contributed by atoms with van der Waals surface area (Å²) in [6, 6.07) is 10.7. The lowest BCUT2D eigenvalue weighted by Gasteiger charge is -2.36. The van der Waals surface area contributed by atoms with E-state index in [2.05, 4.69) is 13.8 Å². The molecular formula is C24H30ClNO4. The molecule has 0 bridgehead atoms. The number of benzene rings is 2. The van der Waals surface area contributed by atoms with Crippen LogP contribution >= 0.6 is 11.6 Å². The SMILES string of the molecule is COc1cc(O)c(C(CC(=O)N2CC(C)CC(C)C2)c2ccc(Cl)cc2)c(OC)c1. The second kappa shape index (κ2) is 9.61. The smallest absolute Gasteiger partial charge is 0.223 e. The Morgan fingerprint density at radius 3 is 2.33 bits per heavy atom. The number of ether oxygens (including phenoxy) is 2. The van der Waals surface area contributed by atoms with Crippen molar-refractivity contribution in [2.75, 3.05) is 27.3 Å². The first-order valence-corrected chi connectivity index (χ1v) is 10.7. The minimum atomic E-state index is -0.372. The van der Waals surface area contributed by atoms with Crippen molar-refractivity contribution in [3.8, 4) is 17.2 Å². The normalized spacial score (nSPS) is 20.0. The van der Waals surface area contributed by atoms with Gasteiger partial charge in [0.15, 0.2) is 0 Å². The highest BCUT2D eigenvalue weighted by Gasteiger charge is 2.30. The van der Waals surface area contributed by atoms with Crippen LogP contribution in [0.25, 0.3) is 0 Å². The fourth-order valence-corrected chi connectivity index (χ4v) is 4.60. The van der Waals surface area contributed by atoms with Gasteiger partial charge in [-0.3, -0.25) is 4.79 Å². The fourth-order valence-electron chi connectivity index (χ4n) is 4.48. The molecule has 0 aliphatic carbocycles. The van der Waals surface area contributed by atoms with Crippen molar-refractivity contribution in [1.82, 2.24) is 4.90 Å². The molecule has 1 fully saturated rings. The zero-order chi connectivity index (χ0) is 21.8. The highest BCUT2D eigenvalue weighted by atomic mass is 35.5. The molecule has 0 saturated carbocycles. The first-order chi connectivity index (χ1) is 14.3. The molecule has 0 radical (unpaired) electrons. The van der Waals surface area contributed by atoms with E-state index in [-0.39, 0.29) is 24.0 Å². The molecule has 0 spiro atoms. The average molecular weight is 432 g/mol. The van der Waals surface area contributed by atoms with E-state index in [1.807, 2.05) is 17.0 Å². The molecule has 3 unspecified atom stereocenters. The molecule has 5 nitrogen and oxygen atoms in total. The van der Waals surface area contributed by atoms with Crippen LogP contribution in [0.4, 0.5) is 0 Å². The van der Waals surface area contributed by atoms with Crippen molar-refractivity contribution < 1.29 is 19.4 Å². The molecule has 1 aliphatic rings. The minimum absolute atomic E-state index is 0.0410. The van der Waals surface area contributed by atoms with Crippen molar-refractivity contribution in [3.05, 3.63) is 52.5 Å². The number of piperidine rings is 1. The zero-order valence-corrected chi connectivity index (χ0v) is 18.8. The lowest BCUT2D eigenvalue weighted by molar-refractivity contribution is -0.134. The second-order valence-corrected chi connectivity index (χ2v) is 8.75. The van der Waals surface area contributed by atoms with Crippen LogP contribution in [-0.2, 0) is 4.79 Å². The molecule has 1 N–H and O–H groups in total. The van der Waals surface area contributed by atoms with E-state index < -0.39 is 0 Å². The van der Waals surface area contributed by atoms with Crippen molar-refractivity contribution in [2.24, 2.45) is 11.8 Å². The molecule has 1 heterocycles. The standard InChI is InChI=1S/C24H30ClNO4/c1-15-9-16(2)14-26(13-15)23(28)12-20(17-5-7-18(25)8-6-17)24-21(27)10-19(29-3)11-22(24)30-4/h5-8,10-11,15-16,20,27H,9,12-14H2,1-4H3. The molecule has 162 valence electrons. The van der Waals surface area contributed by atoms with E-state index in [1.54, 1.807) is 31.4 Å². The number of halogens is 1. The predicted octanol–water partition coefficient (Wildman–Crippen LogP) is 5.09. The maximum absolute atomic E-state index is 13.3. The molecule has 1 amide bonds. The summed E-state index contributed by atoms with van der Waals surface area (Å²) in [7, 11) is 3.08. The first-order valence-electron chi connectivity index (χ1n) is 10.3. The number of phenolic OH excluding ortho intramolecular Hbond substituents is 1. The van der Waals surface area contributed by atoms with Crippen LogP contribution in [0.1, 0.15) is 43.7 Å². The van der Waals surface area contributed by atoms with Gasteiger partial charge in [-0.05, 0) is 36.0 Å². The van der Waals surface area contributed by atoms with E-state index in [0.717, 1.165) is 25.1 Å². The quantitative estimate of drug-likeness (QED) is 0.692. The zero-order valence-electron chi connectivity index (χ0n) is 18.0. The number of phenols is 1. The van der Waals surface area contributed by atoms with Crippen LogP contribution in [0, 0.1) is 11.8 Å². The monoisotopic (exact) mass is 431 g/mol. The number of hydrogen-bond acceptors (Lipinski definition) is 4. The lowest BCUT2D eigenvalue weighted by atomic mass is 9.85. The summed E-state index contributed by atoms with van der Waals surface area (Å²) in [5, 5.41) is 11.4. The van der Waals surface area contributed by atoms with Gasteiger partial charge in [-0.25, -0.2) is 0 Å². The van der Waals surface area contributed by atoms with E-state index >= 15 is 0 Å². The van der Waals surface area contributed by atoms with Crippen molar-refractivity contribution >= 4 is 17.5 Å². The third kappa shape index (κ3) is 5.01. The Balaban J connectivity index is 2.00. The molecular weight excluding hydrogens is 402 g/mol. The third-order valence-corrected chi connectivity index (χ3v) is 6.02. The molecule has 30 heavy (non-hydrogen) atoms. The summed E-state index contributed by atoms with van der Waals surface area (Å²) < 4.78 is 10.8. The van der Waals surface area contributed by atoms with Crippen LogP contribution in [0.5, 0.6) is 17.2 Å². The summed E-state index contributed by atoms with van der Waals surface area (Å²) in [6.07, 6.45) is 1.37. The first kappa shape index (κ1) is 22.3. The highest BCUT2D eigenvalue weighted by molar-refractivity contribution is 6.30. The van der Waals surface area contributed by atoms with Gasteiger partial charge in [0.2, 0.25) is 5.91 Å². The van der Waals surface area contributed by atoms with Crippen molar-refractivity contribution in [1.29, 1.82) is 0 Å². The Labute approximate surface area is 183 Å². The summed E-state index contributed by atoms with van der Waals surface area (Å²) >= 11 is 6.09. The van der Waals surface area contributed by atoms with Gasteiger partial charge in [0.25, 0.3) is 0 Å². The molecule has 6 heteroatoms. The number of amides is 1. The van der Waals surface area contributed by atoms with Crippen LogP contribution < -0.4 is 9.47 Å². The average Bonchev–Trinajstić information content (AvgIpc) is 2.71. The summed E-state index contributed by atoms with van der Waals surface area (Å²) in [5.41, 5.74) is 1.47. The Kier molecular flexibility index (Phi) is 7.14. The van der Waals surface area contributed by atoms with Gasteiger partial charge in [0.1, 0.15) is 17.2 Å². The number of rotatable bonds is 6. The highest BCUT2D eigenvalue weighted by Crippen LogP contribution is 2.43. The molecule has 2 aromatic rings. The Bertz CT molecular complexity index is 874. The molecule has 3 atom stereocenters. The van der Waals surface area contributed by atoms with Crippen molar-refractivity contribution in [3.63, 3.8) is 0 Å². The Morgan fingerprint density at radius 2 is 1.77 bits per heavy atom. The number of likely N-dealkylation sites (tertiary alicyclic amines) is 1. The van der Waals surface area contributed by atoms with Crippen LogP contribution in [-0.4, -0.2) is 43.2 Å². The molecule has 1 aliphatic heterocycles. The summed E-state index contributed by atoms with van der Waals surface area (Å²) in [6.45, 7) is 5.90. The number of methoxy groups -OCH3 is 2. The van der Waals surface area contributed by atoms with Crippen LogP contribution in [0.3, 0.4) is 0 Å². The molecule has 1 saturated heterocycles. The predicted molar refractivity (Wildman–Crippen MR) is 119 cm³/mol. The number of carbonyl (C=O) groups is 1. The minimum Gasteiger partial charge on any atom is -0.507 e. The topological polar surface area (TPSA) is 59.0 Å². The molecule has 2 aromatic carbocycles. The van der Waals surface area contributed by atoms with E-state index in [4.69, 9.17) is 21.1 Å². The summed E-state index contributed by atoms with van der Waals surface area (Å²) in [4.78, 5) is 15.3. The van der Waals surface area contributed by atoms with Gasteiger partial charge in [0.05, 0.1) is 14.2 Å². The van der Waals surface area contributed by atoms with Gasteiger partial charge in [-0.2, -0.15) is 0 Å². The van der Waals surface area contributed by atoms with E-state index in [9.17, 15) is 9.90 Å². The van der Waals surface area contributed by atoms with Gasteiger partial charge < -0.3 is 19.5 Å². The third-order valence-electron chi connectivity index (χ3n) is 5.77. The Hall–Kier alpha value is -2.40. The van der Waals surface area contributed by atoms with Gasteiger partial charge in [-0.15, -0.1) is 0 Å². The van der Waals surface area contributed by atoms with Gasteiger partial charge >= 0.3 is 0 Å². The molecule has 0 aromatic heterocycles. The number of hydrogen-bond donors (Lipinski definition) is 1.